The number of esters is 2. The zero-order valence-corrected chi connectivity index (χ0v) is 16.2. The quantitative estimate of drug-likeness (QED) is 0.554. The van der Waals surface area contributed by atoms with Crippen molar-refractivity contribution in [2.45, 2.75) is 26.9 Å². The van der Waals surface area contributed by atoms with E-state index in [0.29, 0.717) is 11.1 Å². The lowest BCUT2D eigenvalue weighted by atomic mass is 10.1. The SMILES string of the molecule is CCOC(=O)c1ccc(-c2coc3cc(OC(C)C(=O)OCC)ccc3c2=O)o1. The number of hydrogen-bond acceptors (Lipinski definition) is 8. The van der Waals surface area contributed by atoms with Crippen LogP contribution in [0.15, 0.2) is 50.2 Å². The first kappa shape index (κ1) is 20.2. The molecule has 2 heterocycles. The molecule has 8 heteroatoms. The molecule has 0 spiro atoms. The van der Waals surface area contributed by atoms with Crippen LogP contribution in [0.3, 0.4) is 0 Å². The molecule has 0 aliphatic rings. The molecule has 0 fully saturated rings. The van der Waals surface area contributed by atoms with Gasteiger partial charge in [0.25, 0.3) is 0 Å². The monoisotopic (exact) mass is 400 g/mol. The largest absolute Gasteiger partial charge is 0.479 e. The first-order valence-electron chi connectivity index (χ1n) is 9.10. The van der Waals surface area contributed by atoms with Gasteiger partial charge in [-0.15, -0.1) is 0 Å². The number of benzene rings is 1. The molecule has 1 atom stereocenters. The summed E-state index contributed by atoms with van der Waals surface area (Å²) in [5.41, 5.74) is 0.118. The van der Waals surface area contributed by atoms with Crippen molar-refractivity contribution in [3.8, 4) is 17.1 Å². The molecule has 0 aliphatic heterocycles. The van der Waals surface area contributed by atoms with Crippen molar-refractivity contribution in [2.75, 3.05) is 13.2 Å². The van der Waals surface area contributed by atoms with Gasteiger partial charge in [-0.25, -0.2) is 9.59 Å². The van der Waals surface area contributed by atoms with Gasteiger partial charge >= 0.3 is 11.9 Å². The van der Waals surface area contributed by atoms with E-state index in [2.05, 4.69) is 0 Å². The number of fused-ring (bicyclic) bond motifs is 1. The zero-order valence-electron chi connectivity index (χ0n) is 16.2. The molecule has 3 aromatic rings. The summed E-state index contributed by atoms with van der Waals surface area (Å²) >= 11 is 0. The molecule has 0 radical (unpaired) electrons. The van der Waals surface area contributed by atoms with Gasteiger partial charge in [0, 0.05) is 6.07 Å². The average molecular weight is 400 g/mol. The Labute approximate surface area is 166 Å². The third kappa shape index (κ3) is 4.31. The number of rotatable bonds is 7. The predicted molar refractivity (Wildman–Crippen MR) is 103 cm³/mol. The maximum absolute atomic E-state index is 12.8. The maximum Gasteiger partial charge on any atom is 0.374 e. The van der Waals surface area contributed by atoms with Crippen LogP contribution in [-0.2, 0) is 14.3 Å². The van der Waals surface area contributed by atoms with Crippen molar-refractivity contribution in [1.29, 1.82) is 0 Å². The van der Waals surface area contributed by atoms with Crippen LogP contribution >= 0.6 is 0 Å². The van der Waals surface area contributed by atoms with Crippen LogP contribution in [0, 0.1) is 0 Å². The third-order valence-corrected chi connectivity index (χ3v) is 4.03. The smallest absolute Gasteiger partial charge is 0.374 e. The molecule has 0 bridgehead atoms. The summed E-state index contributed by atoms with van der Waals surface area (Å²) in [5, 5.41) is 0.299. The Morgan fingerprint density at radius 2 is 1.83 bits per heavy atom. The van der Waals surface area contributed by atoms with Crippen molar-refractivity contribution >= 4 is 22.9 Å². The lowest BCUT2D eigenvalue weighted by molar-refractivity contribution is -0.150. The average Bonchev–Trinajstić information content (AvgIpc) is 3.18. The first-order valence-corrected chi connectivity index (χ1v) is 9.10. The third-order valence-electron chi connectivity index (χ3n) is 4.03. The van der Waals surface area contributed by atoms with Crippen molar-refractivity contribution < 1.29 is 32.6 Å². The van der Waals surface area contributed by atoms with E-state index < -0.39 is 18.0 Å². The number of carbonyl (C=O) groups excluding carboxylic acids is 2. The van der Waals surface area contributed by atoms with E-state index in [-0.39, 0.29) is 41.3 Å². The van der Waals surface area contributed by atoms with Gasteiger partial charge in [-0.05, 0) is 45.0 Å². The van der Waals surface area contributed by atoms with Gasteiger partial charge in [0.1, 0.15) is 28.9 Å². The van der Waals surface area contributed by atoms with Gasteiger partial charge in [0.15, 0.2) is 6.10 Å². The van der Waals surface area contributed by atoms with E-state index in [1.165, 1.54) is 30.5 Å². The fraction of sp³-hybridized carbons (Fsp3) is 0.286. The molecule has 29 heavy (non-hydrogen) atoms. The second-order valence-electron chi connectivity index (χ2n) is 6.03. The Morgan fingerprint density at radius 3 is 2.55 bits per heavy atom. The van der Waals surface area contributed by atoms with Crippen LogP contribution in [0.4, 0.5) is 0 Å². The molecule has 3 rings (SSSR count). The highest BCUT2D eigenvalue weighted by Crippen LogP contribution is 2.25. The van der Waals surface area contributed by atoms with E-state index in [9.17, 15) is 14.4 Å². The van der Waals surface area contributed by atoms with E-state index in [1.807, 2.05) is 0 Å². The van der Waals surface area contributed by atoms with E-state index in [0.717, 1.165) is 0 Å². The Bertz CT molecular complexity index is 1090. The molecule has 2 aromatic heterocycles. The second kappa shape index (κ2) is 8.64. The molecule has 1 aromatic carbocycles. The molecule has 0 amide bonds. The van der Waals surface area contributed by atoms with Crippen LogP contribution in [0.5, 0.6) is 5.75 Å². The lowest BCUT2D eigenvalue weighted by Gasteiger charge is -2.13. The lowest BCUT2D eigenvalue weighted by Crippen LogP contribution is -2.26. The minimum Gasteiger partial charge on any atom is -0.479 e. The minimum atomic E-state index is -0.803. The summed E-state index contributed by atoms with van der Waals surface area (Å²) in [4.78, 5) is 36.2. The Kier molecular flexibility index (Phi) is 6.01. The molecule has 0 aliphatic carbocycles. The number of ether oxygens (including phenoxy) is 3. The summed E-state index contributed by atoms with van der Waals surface area (Å²) in [6.45, 7) is 5.44. The fourth-order valence-corrected chi connectivity index (χ4v) is 2.66. The highest BCUT2D eigenvalue weighted by molar-refractivity contribution is 5.87. The van der Waals surface area contributed by atoms with Crippen LogP contribution in [-0.4, -0.2) is 31.3 Å². The molecule has 1 unspecified atom stereocenters. The molecule has 0 N–H and O–H groups in total. The van der Waals surface area contributed by atoms with E-state index in [1.54, 1.807) is 26.8 Å². The summed E-state index contributed by atoms with van der Waals surface area (Å²) < 4.78 is 26.3. The standard InChI is InChI=1S/C21H20O8/c1-4-25-20(23)12(3)28-13-6-7-14-18(10-13)27-11-15(19(14)22)16-8-9-17(29-16)21(24)26-5-2/h6-12H,4-5H2,1-3H3. The van der Waals surface area contributed by atoms with Crippen LogP contribution in [0.1, 0.15) is 31.3 Å². The van der Waals surface area contributed by atoms with Crippen molar-refractivity contribution in [3.05, 3.63) is 52.6 Å². The zero-order chi connectivity index (χ0) is 21.0. The summed E-state index contributed by atoms with van der Waals surface area (Å²) in [7, 11) is 0. The van der Waals surface area contributed by atoms with Crippen LogP contribution in [0.2, 0.25) is 0 Å². The highest BCUT2D eigenvalue weighted by atomic mass is 16.6. The molecule has 0 saturated heterocycles. The van der Waals surface area contributed by atoms with Gasteiger partial charge in [-0.3, -0.25) is 4.79 Å². The summed E-state index contributed by atoms with van der Waals surface area (Å²) in [5.74, 6) is -0.546. The van der Waals surface area contributed by atoms with Gasteiger partial charge in [0.05, 0.1) is 18.6 Å². The maximum atomic E-state index is 12.8. The second-order valence-corrected chi connectivity index (χ2v) is 6.03. The molecular weight excluding hydrogens is 380 g/mol. The van der Waals surface area contributed by atoms with Crippen LogP contribution < -0.4 is 10.2 Å². The molecule has 0 saturated carbocycles. The summed E-state index contributed by atoms with van der Waals surface area (Å²) in [6.07, 6.45) is 0.444. The van der Waals surface area contributed by atoms with Crippen molar-refractivity contribution in [1.82, 2.24) is 0 Å². The Morgan fingerprint density at radius 1 is 1.07 bits per heavy atom. The Balaban J connectivity index is 1.88. The van der Waals surface area contributed by atoms with Crippen LogP contribution in [0.25, 0.3) is 22.3 Å². The van der Waals surface area contributed by atoms with Gasteiger partial charge in [0.2, 0.25) is 11.2 Å². The number of carbonyl (C=O) groups is 2. The molecule has 152 valence electrons. The summed E-state index contributed by atoms with van der Waals surface area (Å²) in [6, 6.07) is 7.55. The van der Waals surface area contributed by atoms with Gasteiger partial charge in [-0.1, -0.05) is 0 Å². The fourth-order valence-electron chi connectivity index (χ4n) is 2.66. The number of hydrogen-bond donors (Lipinski definition) is 0. The molecular formula is C21H20O8. The topological polar surface area (TPSA) is 105 Å². The number of furan rings is 1. The van der Waals surface area contributed by atoms with Gasteiger partial charge in [-0.2, -0.15) is 0 Å². The molecule has 8 nitrogen and oxygen atoms in total. The normalized spacial score (nSPS) is 11.8. The highest BCUT2D eigenvalue weighted by Gasteiger charge is 2.19. The van der Waals surface area contributed by atoms with Gasteiger partial charge < -0.3 is 23.0 Å². The first-order chi connectivity index (χ1) is 13.9. The predicted octanol–water partition coefficient (Wildman–Crippen LogP) is 3.56. The Hall–Kier alpha value is -3.55. The van der Waals surface area contributed by atoms with E-state index >= 15 is 0 Å². The van der Waals surface area contributed by atoms with Crippen molar-refractivity contribution in [2.24, 2.45) is 0 Å². The van der Waals surface area contributed by atoms with Crippen molar-refractivity contribution in [3.63, 3.8) is 0 Å². The van der Waals surface area contributed by atoms with E-state index in [4.69, 9.17) is 23.0 Å². The minimum absolute atomic E-state index is 0.00181.